The van der Waals surface area contributed by atoms with Gasteiger partial charge in [0.05, 0.1) is 13.1 Å². The molecule has 3 nitrogen and oxygen atoms in total. The standard InChI is InChI=1S/C12H12FNO2/c1-2-7-14(9-12(15)16)8-10-3-5-11(13)6-4-10/h1,3-6H,7-9H2,(H,15,16). The molecular formula is C12H12FNO2. The first-order valence-electron chi connectivity index (χ1n) is 4.74. The van der Waals surface area contributed by atoms with E-state index >= 15 is 0 Å². The lowest BCUT2D eigenvalue weighted by Gasteiger charge is -2.17. The number of aliphatic carboxylic acids is 1. The molecule has 0 atom stereocenters. The number of carboxylic acids is 1. The van der Waals surface area contributed by atoms with Gasteiger partial charge in [0.25, 0.3) is 0 Å². The second kappa shape index (κ2) is 5.89. The number of carboxylic acid groups (broad SMARTS) is 1. The van der Waals surface area contributed by atoms with Crippen LogP contribution in [0.5, 0.6) is 0 Å². The molecule has 0 saturated heterocycles. The quantitative estimate of drug-likeness (QED) is 0.763. The van der Waals surface area contributed by atoms with Gasteiger partial charge in [-0.15, -0.1) is 6.42 Å². The summed E-state index contributed by atoms with van der Waals surface area (Å²) in [5.41, 5.74) is 0.831. The van der Waals surface area contributed by atoms with E-state index in [4.69, 9.17) is 11.5 Å². The topological polar surface area (TPSA) is 40.5 Å². The van der Waals surface area contributed by atoms with Crippen LogP contribution in [-0.4, -0.2) is 29.1 Å². The maximum Gasteiger partial charge on any atom is 0.317 e. The molecule has 16 heavy (non-hydrogen) atoms. The second-order valence-corrected chi connectivity index (χ2v) is 3.37. The minimum absolute atomic E-state index is 0.123. The summed E-state index contributed by atoms with van der Waals surface area (Å²) in [7, 11) is 0. The fourth-order valence-electron chi connectivity index (χ4n) is 1.34. The number of nitrogens with zero attached hydrogens (tertiary/aromatic N) is 1. The highest BCUT2D eigenvalue weighted by atomic mass is 19.1. The van der Waals surface area contributed by atoms with E-state index in [0.717, 1.165) is 5.56 Å². The van der Waals surface area contributed by atoms with Crippen LogP contribution in [0.25, 0.3) is 0 Å². The number of benzene rings is 1. The van der Waals surface area contributed by atoms with Gasteiger partial charge in [0, 0.05) is 6.54 Å². The van der Waals surface area contributed by atoms with Gasteiger partial charge in [-0.3, -0.25) is 9.69 Å². The first kappa shape index (κ1) is 12.2. The highest BCUT2D eigenvalue weighted by molar-refractivity contribution is 5.69. The Labute approximate surface area is 93.5 Å². The Hall–Kier alpha value is -1.86. The van der Waals surface area contributed by atoms with Gasteiger partial charge in [-0.05, 0) is 17.7 Å². The molecule has 84 valence electrons. The van der Waals surface area contributed by atoms with Crippen LogP contribution >= 0.6 is 0 Å². The summed E-state index contributed by atoms with van der Waals surface area (Å²) in [4.78, 5) is 12.2. The van der Waals surface area contributed by atoms with Gasteiger partial charge in [-0.1, -0.05) is 18.1 Å². The van der Waals surface area contributed by atoms with Crippen molar-refractivity contribution in [1.29, 1.82) is 0 Å². The molecule has 0 unspecified atom stereocenters. The zero-order valence-corrected chi connectivity index (χ0v) is 8.69. The van der Waals surface area contributed by atoms with Crippen LogP contribution in [0.2, 0.25) is 0 Å². The molecule has 0 aliphatic heterocycles. The summed E-state index contributed by atoms with van der Waals surface area (Å²) < 4.78 is 12.6. The molecule has 0 aromatic heterocycles. The van der Waals surface area contributed by atoms with E-state index in [-0.39, 0.29) is 18.9 Å². The van der Waals surface area contributed by atoms with Gasteiger partial charge in [0.2, 0.25) is 0 Å². The summed E-state index contributed by atoms with van der Waals surface area (Å²) >= 11 is 0. The Kier molecular flexibility index (Phi) is 4.49. The number of carbonyl (C=O) groups is 1. The molecule has 0 fully saturated rings. The van der Waals surface area contributed by atoms with E-state index in [2.05, 4.69) is 5.92 Å². The molecule has 0 heterocycles. The summed E-state index contributed by atoms with van der Waals surface area (Å²) in [6.07, 6.45) is 5.14. The number of terminal acetylenes is 1. The molecule has 1 aromatic carbocycles. The monoisotopic (exact) mass is 221 g/mol. The first-order valence-corrected chi connectivity index (χ1v) is 4.74. The number of halogens is 1. The van der Waals surface area contributed by atoms with Gasteiger partial charge < -0.3 is 5.11 Å². The van der Waals surface area contributed by atoms with Crippen LogP contribution in [0.15, 0.2) is 24.3 Å². The Balaban J connectivity index is 2.64. The molecule has 4 heteroatoms. The van der Waals surface area contributed by atoms with Crippen molar-refractivity contribution in [2.45, 2.75) is 6.54 Å². The SMILES string of the molecule is C#CCN(CC(=O)O)Cc1ccc(F)cc1. The fraction of sp³-hybridized carbons (Fsp3) is 0.250. The Morgan fingerprint density at radius 3 is 2.56 bits per heavy atom. The summed E-state index contributed by atoms with van der Waals surface area (Å²) in [5, 5.41) is 8.66. The average Bonchev–Trinajstić information content (AvgIpc) is 2.21. The molecule has 1 rings (SSSR count). The normalized spacial score (nSPS) is 10.1. The molecule has 0 aliphatic carbocycles. The van der Waals surface area contributed by atoms with Crippen molar-refractivity contribution < 1.29 is 14.3 Å². The van der Waals surface area contributed by atoms with E-state index in [0.29, 0.717) is 6.54 Å². The molecule has 0 aliphatic rings. The van der Waals surface area contributed by atoms with Crippen molar-refractivity contribution in [3.05, 3.63) is 35.6 Å². The van der Waals surface area contributed by atoms with Crippen molar-refractivity contribution in [2.75, 3.05) is 13.1 Å². The second-order valence-electron chi connectivity index (χ2n) is 3.37. The van der Waals surface area contributed by atoms with Crippen molar-refractivity contribution in [3.63, 3.8) is 0 Å². The Morgan fingerprint density at radius 1 is 1.44 bits per heavy atom. The van der Waals surface area contributed by atoms with Crippen LogP contribution in [0.1, 0.15) is 5.56 Å². The zero-order chi connectivity index (χ0) is 12.0. The molecule has 0 bridgehead atoms. The molecule has 0 radical (unpaired) electrons. The summed E-state index contributed by atoms with van der Waals surface area (Å²) in [6.45, 7) is 0.530. The van der Waals surface area contributed by atoms with E-state index in [9.17, 15) is 9.18 Å². The lowest BCUT2D eigenvalue weighted by molar-refractivity contribution is -0.138. The van der Waals surface area contributed by atoms with Gasteiger partial charge in [-0.2, -0.15) is 0 Å². The molecule has 0 saturated carbocycles. The minimum Gasteiger partial charge on any atom is -0.480 e. The highest BCUT2D eigenvalue weighted by Gasteiger charge is 2.08. The predicted octanol–water partition coefficient (Wildman–Crippen LogP) is 1.35. The van der Waals surface area contributed by atoms with Crippen molar-refractivity contribution in [3.8, 4) is 12.3 Å². The third kappa shape index (κ3) is 4.11. The van der Waals surface area contributed by atoms with E-state index < -0.39 is 5.97 Å². The number of rotatable bonds is 5. The molecular weight excluding hydrogens is 209 g/mol. The van der Waals surface area contributed by atoms with Crippen LogP contribution in [0.4, 0.5) is 4.39 Å². The first-order chi connectivity index (χ1) is 7.61. The Morgan fingerprint density at radius 2 is 2.06 bits per heavy atom. The smallest absolute Gasteiger partial charge is 0.317 e. The largest absolute Gasteiger partial charge is 0.480 e. The van der Waals surface area contributed by atoms with Gasteiger partial charge in [-0.25, -0.2) is 4.39 Å². The van der Waals surface area contributed by atoms with E-state index in [1.807, 2.05) is 0 Å². The molecule has 1 aromatic rings. The van der Waals surface area contributed by atoms with Crippen molar-refractivity contribution in [2.24, 2.45) is 0 Å². The lowest BCUT2D eigenvalue weighted by Crippen LogP contribution is -2.29. The maximum atomic E-state index is 12.6. The van der Waals surface area contributed by atoms with E-state index in [1.165, 1.54) is 12.1 Å². The van der Waals surface area contributed by atoms with Gasteiger partial charge in [0.1, 0.15) is 5.82 Å². The number of hydrogen-bond acceptors (Lipinski definition) is 2. The third-order valence-corrected chi connectivity index (χ3v) is 1.99. The predicted molar refractivity (Wildman–Crippen MR) is 58.1 cm³/mol. The van der Waals surface area contributed by atoms with Gasteiger partial charge in [0.15, 0.2) is 0 Å². The lowest BCUT2D eigenvalue weighted by atomic mass is 10.2. The third-order valence-electron chi connectivity index (χ3n) is 1.99. The zero-order valence-electron chi connectivity index (χ0n) is 8.69. The minimum atomic E-state index is -0.933. The maximum absolute atomic E-state index is 12.6. The number of hydrogen-bond donors (Lipinski definition) is 1. The van der Waals surface area contributed by atoms with Crippen LogP contribution in [0, 0.1) is 18.2 Å². The van der Waals surface area contributed by atoms with E-state index in [1.54, 1.807) is 17.0 Å². The van der Waals surface area contributed by atoms with Crippen LogP contribution < -0.4 is 0 Å². The summed E-state index contributed by atoms with van der Waals surface area (Å²) in [5.74, 6) is 1.15. The molecule has 1 N–H and O–H groups in total. The fourth-order valence-corrected chi connectivity index (χ4v) is 1.34. The van der Waals surface area contributed by atoms with Crippen LogP contribution in [0.3, 0.4) is 0 Å². The van der Waals surface area contributed by atoms with Gasteiger partial charge >= 0.3 is 5.97 Å². The molecule has 0 amide bonds. The molecule has 0 spiro atoms. The van der Waals surface area contributed by atoms with Crippen LogP contribution in [-0.2, 0) is 11.3 Å². The Bertz CT molecular complexity index is 394. The highest BCUT2D eigenvalue weighted by Crippen LogP contribution is 2.06. The van der Waals surface area contributed by atoms with Crippen molar-refractivity contribution in [1.82, 2.24) is 4.90 Å². The summed E-state index contributed by atoms with van der Waals surface area (Å²) in [6, 6.07) is 5.90. The van der Waals surface area contributed by atoms with Crippen molar-refractivity contribution >= 4 is 5.97 Å². The average molecular weight is 221 g/mol.